The Morgan fingerprint density at radius 1 is 1.08 bits per heavy atom. The third-order valence-electron chi connectivity index (χ3n) is 3.67. The van der Waals surface area contributed by atoms with Gasteiger partial charge in [-0.1, -0.05) is 36.4 Å². The second-order valence-electron chi connectivity index (χ2n) is 5.73. The second kappa shape index (κ2) is 9.73. The van der Waals surface area contributed by atoms with Crippen molar-refractivity contribution in [3.05, 3.63) is 59.7 Å². The lowest BCUT2D eigenvalue weighted by atomic mass is 10.1. The van der Waals surface area contributed by atoms with E-state index in [0.29, 0.717) is 31.1 Å². The molecule has 0 radical (unpaired) electrons. The lowest BCUT2D eigenvalue weighted by Gasteiger charge is -2.13. The van der Waals surface area contributed by atoms with Crippen LogP contribution in [0.3, 0.4) is 0 Å². The number of hydrogen-bond acceptors (Lipinski definition) is 3. The summed E-state index contributed by atoms with van der Waals surface area (Å²) in [6.45, 7) is 2.96. The topological polar surface area (TPSA) is 47.6 Å². The van der Waals surface area contributed by atoms with E-state index in [1.807, 2.05) is 43.3 Å². The van der Waals surface area contributed by atoms with Crippen molar-refractivity contribution in [2.24, 2.45) is 0 Å². The van der Waals surface area contributed by atoms with E-state index in [0.717, 1.165) is 18.4 Å². The van der Waals surface area contributed by atoms with Gasteiger partial charge in [0.25, 0.3) is 0 Å². The van der Waals surface area contributed by atoms with Crippen LogP contribution in [0.15, 0.2) is 48.5 Å². The normalized spacial score (nSPS) is 10.4. The van der Waals surface area contributed by atoms with Crippen LogP contribution in [0.25, 0.3) is 0 Å². The van der Waals surface area contributed by atoms with Crippen molar-refractivity contribution < 1.29 is 14.3 Å². The summed E-state index contributed by atoms with van der Waals surface area (Å²) in [5.41, 5.74) is 3.05. The molecular weight excluding hydrogens is 302 g/mol. The van der Waals surface area contributed by atoms with Crippen LogP contribution >= 0.6 is 0 Å². The van der Waals surface area contributed by atoms with Gasteiger partial charge in [0, 0.05) is 13.5 Å². The highest BCUT2D eigenvalue weighted by Crippen LogP contribution is 2.26. The van der Waals surface area contributed by atoms with Gasteiger partial charge in [-0.05, 0) is 43.0 Å². The molecule has 128 valence electrons. The molecule has 0 aliphatic heterocycles. The number of aryl methyl sites for hydroxylation is 2. The van der Waals surface area contributed by atoms with E-state index < -0.39 is 0 Å². The summed E-state index contributed by atoms with van der Waals surface area (Å²) >= 11 is 0. The van der Waals surface area contributed by atoms with E-state index in [1.165, 1.54) is 5.56 Å². The van der Waals surface area contributed by atoms with Crippen molar-refractivity contribution in [3.8, 4) is 5.75 Å². The van der Waals surface area contributed by atoms with Crippen LogP contribution in [-0.4, -0.2) is 26.2 Å². The molecule has 2 aromatic rings. The highest BCUT2D eigenvalue weighted by Gasteiger charge is 2.08. The molecule has 0 fully saturated rings. The van der Waals surface area contributed by atoms with E-state index in [9.17, 15) is 4.79 Å². The summed E-state index contributed by atoms with van der Waals surface area (Å²) in [5, 5.41) is 2.95. The first kappa shape index (κ1) is 18.0. The van der Waals surface area contributed by atoms with E-state index in [4.69, 9.17) is 9.47 Å². The zero-order valence-electron chi connectivity index (χ0n) is 14.4. The zero-order chi connectivity index (χ0) is 17.2. The minimum absolute atomic E-state index is 0.00590. The van der Waals surface area contributed by atoms with E-state index in [2.05, 4.69) is 17.4 Å². The van der Waals surface area contributed by atoms with Crippen molar-refractivity contribution in [1.29, 1.82) is 0 Å². The summed E-state index contributed by atoms with van der Waals surface area (Å²) in [6.07, 6.45) is 2.21. The molecule has 2 aromatic carbocycles. The summed E-state index contributed by atoms with van der Waals surface area (Å²) < 4.78 is 10.7. The monoisotopic (exact) mass is 327 g/mol. The average molecular weight is 327 g/mol. The number of anilines is 1. The largest absolute Gasteiger partial charge is 0.489 e. The van der Waals surface area contributed by atoms with Gasteiger partial charge in [-0.25, -0.2) is 0 Å². The number of ether oxygens (including phenoxy) is 2. The van der Waals surface area contributed by atoms with Crippen molar-refractivity contribution in [2.75, 3.05) is 25.6 Å². The predicted molar refractivity (Wildman–Crippen MR) is 96.6 cm³/mol. The number of nitrogens with one attached hydrogen (secondary N) is 1. The highest BCUT2D eigenvalue weighted by atomic mass is 16.5. The fraction of sp³-hybridized carbons (Fsp3) is 0.350. The minimum Gasteiger partial charge on any atom is -0.489 e. The van der Waals surface area contributed by atoms with Gasteiger partial charge in [0.15, 0.2) is 0 Å². The van der Waals surface area contributed by atoms with Gasteiger partial charge in [0.05, 0.1) is 12.3 Å². The fourth-order valence-electron chi connectivity index (χ4n) is 2.40. The molecule has 0 saturated heterocycles. The molecule has 0 aliphatic carbocycles. The van der Waals surface area contributed by atoms with Gasteiger partial charge in [-0.3, -0.25) is 4.79 Å². The number of amides is 1. The Labute approximate surface area is 143 Å². The van der Waals surface area contributed by atoms with Gasteiger partial charge >= 0.3 is 0 Å². The third-order valence-corrected chi connectivity index (χ3v) is 3.67. The zero-order valence-corrected chi connectivity index (χ0v) is 14.4. The number of rotatable bonds is 9. The maximum Gasteiger partial charge on any atom is 0.224 e. The number of benzene rings is 2. The van der Waals surface area contributed by atoms with Crippen LogP contribution in [0.1, 0.15) is 24.0 Å². The van der Waals surface area contributed by atoms with Crippen LogP contribution < -0.4 is 10.1 Å². The van der Waals surface area contributed by atoms with Gasteiger partial charge in [0.2, 0.25) is 5.91 Å². The molecular formula is C20H25NO3. The molecule has 24 heavy (non-hydrogen) atoms. The van der Waals surface area contributed by atoms with E-state index in [-0.39, 0.29) is 5.91 Å². The number of carbonyl (C=O) groups excluding carboxylic acids is 1. The van der Waals surface area contributed by atoms with Crippen LogP contribution in [0, 0.1) is 6.92 Å². The molecule has 0 saturated carbocycles. The molecule has 0 bridgehead atoms. The minimum atomic E-state index is 0.00590. The van der Waals surface area contributed by atoms with Crippen LogP contribution in [-0.2, 0) is 16.0 Å². The number of methoxy groups -OCH3 is 1. The van der Waals surface area contributed by atoms with Gasteiger partial charge < -0.3 is 14.8 Å². The molecule has 0 atom stereocenters. The first-order chi connectivity index (χ1) is 11.7. The molecule has 2 rings (SSSR count). The van der Waals surface area contributed by atoms with Crippen LogP contribution in [0.2, 0.25) is 0 Å². The Morgan fingerprint density at radius 3 is 2.62 bits per heavy atom. The molecule has 0 unspecified atom stereocenters. The summed E-state index contributed by atoms with van der Waals surface area (Å²) in [4.78, 5) is 12.2. The standard InChI is InChI=1S/C20H25NO3/c1-16-11-12-18(19(15-16)24-14-13-23-2)21-20(22)10-6-9-17-7-4-3-5-8-17/h3-5,7-8,11-12,15H,6,9-10,13-14H2,1-2H3,(H,21,22). The van der Waals surface area contributed by atoms with Gasteiger partial charge in [-0.15, -0.1) is 0 Å². The van der Waals surface area contributed by atoms with E-state index in [1.54, 1.807) is 7.11 Å². The molecule has 1 amide bonds. The summed E-state index contributed by atoms with van der Waals surface area (Å²) in [6, 6.07) is 16.0. The summed E-state index contributed by atoms with van der Waals surface area (Å²) in [7, 11) is 1.63. The predicted octanol–water partition coefficient (Wildman–Crippen LogP) is 3.98. The molecule has 4 heteroatoms. The Bertz CT molecular complexity index is 641. The van der Waals surface area contributed by atoms with Crippen LogP contribution in [0.5, 0.6) is 5.75 Å². The fourth-order valence-corrected chi connectivity index (χ4v) is 2.40. The quantitative estimate of drug-likeness (QED) is 0.709. The molecule has 4 nitrogen and oxygen atoms in total. The van der Waals surface area contributed by atoms with Gasteiger partial charge in [-0.2, -0.15) is 0 Å². The maximum atomic E-state index is 12.2. The lowest BCUT2D eigenvalue weighted by molar-refractivity contribution is -0.116. The molecule has 1 N–H and O–H groups in total. The van der Waals surface area contributed by atoms with E-state index >= 15 is 0 Å². The molecule has 0 aliphatic rings. The first-order valence-corrected chi connectivity index (χ1v) is 8.25. The first-order valence-electron chi connectivity index (χ1n) is 8.25. The van der Waals surface area contributed by atoms with Crippen molar-refractivity contribution >= 4 is 11.6 Å². The van der Waals surface area contributed by atoms with Gasteiger partial charge in [0.1, 0.15) is 12.4 Å². The Kier molecular flexibility index (Phi) is 7.30. The Balaban J connectivity index is 1.86. The molecule has 0 heterocycles. The van der Waals surface area contributed by atoms with Crippen LogP contribution in [0.4, 0.5) is 5.69 Å². The number of carbonyl (C=O) groups is 1. The molecule has 0 aromatic heterocycles. The SMILES string of the molecule is COCCOc1cc(C)ccc1NC(=O)CCCc1ccccc1. The Hall–Kier alpha value is -2.33. The maximum absolute atomic E-state index is 12.2. The average Bonchev–Trinajstić information content (AvgIpc) is 2.58. The van der Waals surface area contributed by atoms with Crippen molar-refractivity contribution in [1.82, 2.24) is 0 Å². The summed E-state index contributed by atoms with van der Waals surface area (Å²) in [5.74, 6) is 0.690. The number of hydrogen-bond donors (Lipinski definition) is 1. The lowest BCUT2D eigenvalue weighted by Crippen LogP contribution is -2.13. The highest BCUT2D eigenvalue weighted by molar-refractivity contribution is 5.92. The third kappa shape index (κ3) is 6.05. The molecule has 0 spiro atoms. The Morgan fingerprint density at radius 2 is 1.88 bits per heavy atom. The second-order valence-corrected chi connectivity index (χ2v) is 5.73. The smallest absolute Gasteiger partial charge is 0.224 e. The van der Waals surface area contributed by atoms with Crippen molar-refractivity contribution in [3.63, 3.8) is 0 Å². The van der Waals surface area contributed by atoms with Crippen molar-refractivity contribution in [2.45, 2.75) is 26.2 Å².